The van der Waals surface area contributed by atoms with Crippen LogP contribution in [0.1, 0.15) is 52.1 Å². The van der Waals surface area contributed by atoms with Crippen molar-refractivity contribution < 1.29 is 4.79 Å². The standard InChI is InChI=1S/C18H28N4O2/c1-18(2,3)15-8-9-16(23)22(20-15)12-13-10-21(11-13)17(24)19-14-6-4-5-7-14/h8-9,13-14H,4-7,10-12H2,1-3H3,(H,19,24). The van der Waals surface area contributed by atoms with Gasteiger partial charge in [0.1, 0.15) is 0 Å². The molecule has 1 aliphatic heterocycles. The van der Waals surface area contributed by atoms with Crippen molar-refractivity contribution in [1.82, 2.24) is 20.0 Å². The molecule has 0 bridgehead atoms. The molecule has 1 saturated heterocycles. The molecule has 1 aromatic rings. The van der Waals surface area contributed by atoms with Crippen LogP contribution < -0.4 is 10.9 Å². The summed E-state index contributed by atoms with van der Waals surface area (Å²) in [5, 5.41) is 7.61. The van der Waals surface area contributed by atoms with E-state index in [2.05, 4.69) is 31.2 Å². The molecule has 2 fully saturated rings. The molecule has 0 radical (unpaired) electrons. The normalized spacial score (nSPS) is 19.4. The minimum atomic E-state index is -0.0811. The Morgan fingerprint density at radius 3 is 2.54 bits per heavy atom. The summed E-state index contributed by atoms with van der Waals surface area (Å²) in [4.78, 5) is 26.0. The first-order chi connectivity index (χ1) is 11.3. The number of nitrogens with zero attached hydrogens (tertiary/aromatic N) is 3. The van der Waals surface area contributed by atoms with Crippen molar-refractivity contribution >= 4 is 6.03 Å². The van der Waals surface area contributed by atoms with Gasteiger partial charge in [-0.15, -0.1) is 0 Å². The molecule has 1 aromatic heterocycles. The van der Waals surface area contributed by atoms with Crippen molar-refractivity contribution in [3.63, 3.8) is 0 Å². The van der Waals surface area contributed by atoms with Crippen molar-refractivity contribution in [2.45, 2.75) is 64.5 Å². The van der Waals surface area contributed by atoms with Gasteiger partial charge < -0.3 is 10.2 Å². The second kappa shape index (κ2) is 6.57. The molecule has 1 aliphatic carbocycles. The number of nitrogens with one attached hydrogen (secondary N) is 1. The fourth-order valence-electron chi connectivity index (χ4n) is 3.41. The predicted molar refractivity (Wildman–Crippen MR) is 93.0 cm³/mol. The molecule has 1 saturated carbocycles. The molecule has 24 heavy (non-hydrogen) atoms. The number of carbonyl (C=O) groups is 1. The number of likely N-dealkylation sites (tertiary alicyclic amines) is 1. The van der Waals surface area contributed by atoms with E-state index in [1.54, 1.807) is 16.8 Å². The molecular weight excluding hydrogens is 304 g/mol. The van der Waals surface area contributed by atoms with E-state index in [1.807, 2.05) is 4.90 Å². The summed E-state index contributed by atoms with van der Waals surface area (Å²) in [6.07, 6.45) is 4.63. The Bertz CT molecular complexity index is 650. The van der Waals surface area contributed by atoms with Crippen LogP contribution in [0.3, 0.4) is 0 Å². The van der Waals surface area contributed by atoms with Crippen molar-refractivity contribution in [2.24, 2.45) is 5.92 Å². The molecule has 2 aliphatic rings. The smallest absolute Gasteiger partial charge is 0.317 e. The first-order valence-electron chi connectivity index (χ1n) is 8.97. The van der Waals surface area contributed by atoms with E-state index in [1.165, 1.54) is 12.8 Å². The van der Waals surface area contributed by atoms with E-state index in [-0.39, 0.29) is 17.0 Å². The maximum absolute atomic E-state index is 12.2. The number of hydrogen-bond acceptors (Lipinski definition) is 3. The Kier molecular flexibility index (Phi) is 4.65. The number of rotatable bonds is 3. The van der Waals surface area contributed by atoms with Crippen LogP contribution in [0.2, 0.25) is 0 Å². The summed E-state index contributed by atoms with van der Waals surface area (Å²) >= 11 is 0. The summed E-state index contributed by atoms with van der Waals surface area (Å²) < 4.78 is 1.55. The summed E-state index contributed by atoms with van der Waals surface area (Å²) in [6.45, 7) is 8.24. The zero-order chi connectivity index (χ0) is 17.3. The Labute approximate surface area is 143 Å². The SMILES string of the molecule is CC(C)(C)c1ccc(=O)n(CC2CN(C(=O)NC3CCCC3)C2)n1. The Hall–Kier alpha value is -1.85. The number of carbonyl (C=O) groups excluding carboxylic acids is 1. The van der Waals surface area contributed by atoms with Gasteiger partial charge in [0.25, 0.3) is 5.56 Å². The molecule has 2 amide bonds. The average Bonchev–Trinajstić information content (AvgIpc) is 2.95. The summed E-state index contributed by atoms with van der Waals surface area (Å²) in [5.41, 5.74) is 0.761. The molecule has 2 heterocycles. The molecule has 0 spiro atoms. The van der Waals surface area contributed by atoms with Crippen LogP contribution in [0.15, 0.2) is 16.9 Å². The highest BCUT2D eigenvalue weighted by Gasteiger charge is 2.32. The zero-order valence-corrected chi connectivity index (χ0v) is 14.9. The second-order valence-corrected chi connectivity index (χ2v) is 8.19. The van der Waals surface area contributed by atoms with Crippen LogP contribution in [-0.2, 0) is 12.0 Å². The molecular formula is C18H28N4O2. The first kappa shape index (κ1) is 17.0. The fourth-order valence-corrected chi connectivity index (χ4v) is 3.41. The van der Waals surface area contributed by atoms with Gasteiger partial charge in [-0.2, -0.15) is 5.10 Å². The molecule has 3 rings (SSSR count). The molecule has 1 N–H and O–H groups in total. The van der Waals surface area contributed by atoms with Crippen molar-refractivity contribution in [1.29, 1.82) is 0 Å². The van der Waals surface area contributed by atoms with Gasteiger partial charge in [0.2, 0.25) is 0 Å². The van der Waals surface area contributed by atoms with Crippen molar-refractivity contribution in [2.75, 3.05) is 13.1 Å². The third kappa shape index (κ3) is 3.79. The molecule has 6 nitrogen and oxygen atoms in total. The maximum Gasteiger partial charge on any atom is 0.317 e. The summed E-state index contributed by atoms with van der Waals surface area (Å²) in [7, 11) is 0. The average molecular weight is 332 g/mol. The second-order valence-electron chi connectivity index (χ2n) is 8.19. The summed E-state index contributed by atoms with van der Waals surface area (Å²) in [6, 6.07) is 3.80. The maximum atomic E-state index is 12.2. The van der Waals surface area contributed by atoms with Gasteiger partial charge in [-0.25, -0.2) is 9.48 Å². The van der Waals surface area contributed by atoms with Crippen LogP contribution in [0, 0.1) is 5.92 Å². The molecule has 6 heteroatoms. The minimum Gasteiger partial charge on any atom is -0.335 e. The Balaban J connectivity index is 1.53. The Morgan fingerprint density at radius 2 is 1.92 bits per heavy atom. The van der Waals surface area contributed by atoms with Crippen LogP contribution in [0.5, 0.6) is 0 Å². The lowest BCUT2D eigenvalue weighted by Gasteiger charge is -2.39. The highest BCUT2D eigenvalue weighted by Crippen LogP contribution is 2.22. The predicted octanol–water partition coefficient (Wildman–Crippen LogP) is 2.12. The van der Waals surface area contributed by atoms with Crippen LogP contribution in [-0.4, -0.2) is 39.8 Å². The summed E-state index contributed by atoms with van der Waals surface area (Å²) in [5.74, 6) is 0.305. The molecule has 0 aromatic carbocycles. The lowest BCUT2D eigenvalue weighted by molar-refractivity contribution is 0.105. The van der Waals surface area contributed by atoms with Gasteiger partial charge in [-0.1, -0.05) is 33.6 Å². The van der Waals surface area contributed by atoms with E-state index in [9.17, 15) is 9.59 Å². The van der Waals surface area contributed by atoms with E-state index >= 15 is 0 Å². The molecule has 132 valence electrons. The monoisotopic (exact) mass is 332 g/mol. The third-order valence-corrected chi connectivity index (χ3v) is 4.99. The van der Waals surface area contributed by atoms with Crippen molar-refractivity contribution in [3.05, 3.63) is 28.2 Å². The van der Waals surface area contributed by atoms with Crippen LogP contribution in [0.25, 0.3) is 0 Å². The highest BCUT2D eigenvalue weighted by atomic mass is 16.2. The van der Waals surface area contributed by atoms with Gasteiger partial charge in [-0.05, 0) is 18.9 Å². The van der Waals surface area contributed by atoms with E-state index in [0.29, 0.717) is 31.6 Å². The number of urea groups is 1. The van der Waals surface area contributed by atoms with Gasteiger partial charge in [0.15, 0.2) is 0 Å². The van der Waals surface area contributed by atoms with E-state index in [4.69, 9.17) is 0 Å². The van der Waals surface area contributed by atoms with E-state index < -0.39 is 0 Å². The van der Waals surface area contributed by atoms with Gasteiger partial charge in [-0.3, -0.25) is 4.79 Å². The largest absolute Gasteiger partial charge is 0.335 e. The van der Waals surface area contributed by atoms with Gasteiger partial charge in [0.05, 0.1) is 12.2 Å². The van der Waals surface area contributed by atoms with Crippen LogP contribution in [0.4, 0.5) is 4.79 Å². The fraction of sp³-hybridized carbons (Fsp3) is 0.722. The quantitative estimate of drug-likeness (QED) is 0.922. The topological polar surface area (TPSA) is 67.2 Å². The highest BCUT2D eigenvalue weighted by molar-refractivity contribution is 5.75. The van der Waals surface area contributed by atoms with Gasteiger partial charge in [0, 0.05) is 36.5 Å². The van der Waals surface area contributed by atoms with Gasteiger partial charge >= 0.3 is 6.03 Å². The minimum absolute atomic E-state index is 0.0434. The van der Waals surface area contributed by atoms with Crippen molar-refractivity contribution in [3.8, 4) is 0 Å². The Morgan fingerprint density at radius 1 is 1.25 bits per heavy atom. The van der Waals surface area contributed by atoms with Crippen LogP contribution >= 0.6 is 0 Å². The number of hydrogen-bond donors (Lipinski definition) is 1. The van der Waals surface area contributed by atoms with E-state index in [0.717, 1.165) is 18.5 Å². The first-order valence-corrected chi connectivity index (χ1v) is 8.97. The molecule has 0 atom stereocenters. The molecule has 0 unspecified atom stereocenters. The number of aromatic nitrogens is 2. The zero-order valence-electron chi connectivity index (χ0n) is 14.9. The third-order valence-electron chi connectivity index (χ3n) is 4.99. The number of amides is 2. The lowest BCUT2D eigenvalue weighted by atomic mass is 9.92. The lowest BCUT2D eigenvalue weighted by Crippen LogP contribution is -2.56.